The van der Waals surface area contributed by atoms with Gasteiger partial charge in [0, 0.05) is 19.8 Å². The number of allylic oxidation sites excluding steroid dienone is 4. The maximum atomic E-state index is 6.00. The summed E-state index contributed by atoms with van der Waals surface area (Å²) < 4.78 is 18.0. The first kappa shape index (κ1) is 15.6. The highest BCUT2D eigenvalue weighted by Crippen LogP contribution is 2.38. The predicted octanol–water partition coefficient (Wildman–Crippen LogP) is 3.70. The molecule has 0 amide bonds. The Labute approximate surface area is 112 Å². The highest BCUT2D eigenvalue weighted by molar-refractivity contribution is 6.63. The van der Waals surface area contributed by atoms with E-state index < -0.39 is 8.80 Å². The van der Waals surface area contributed by atoms with Gasteiger partial charge >= 0.3 is 8.80 Å². The minimum Gasteiger partial charge on any atom is -0.373 e. The van der Waals surface area contributed by atoms with E-state index in [-0.39, 0.29) is 5.54 Å². The summed E-state index contributed by atoms with van der Waals surface area (Å²) in [5.74, 6) is 0. The summed E-state index contributed by atoms with van der Waals surface area (Å²) in [6, 6.07) is 0. The maximum absolute atomic E-state index is 6.00. The highest BCUT2D eigenvalue weighted by Gasteiger charge is 2.49. The molecule has 0 radical (unpaired) electrons. The van der Waals surface area contributed by atoms with Crippen LogP contribution in [0.3, 0.4) is 0 Å². The van der Waals surface area contributed by atoms with Crippen molar-refractivity contribution in [2.75, 3.05) is 19.8 Å². The van der Waals surface area contributed by atoms with Crippen molar-refractivity contribution in [3.05, 3.63) is 23.8 Å². The standard InChI is InChI=1S/C14H26O3Si/c1-5-14(13-11-9-10-12-13)18(15-6-2,16-7-3)17-8-4/h9,11-12,14H,5-8,10H2,1-4H3. The zero-order valence-corrected chi connectivity index (χ0v) is 13.1. The van der Waals surface area contributed by atoms with Crippen molar-refractivity contribution in [2.24, 2.45) is 0 Å². The third kappa shape index (κ3) is 3.54. The molecule has 0 saturated carbocycles. The van der Waals surface area contributed by atoms with Gasteiger partial charge in [-0.25, -0.2) is 0 Å². The molecule has 0 aromatic rings. The molecule has 18 heavy (non-hydrogen) atoms. The second-order valence-corrected chi connectivity index (χ2v) is 6.98. The van der Waals surface area contributed by atoms with E-state index in [0.29, 0.717) is 19.8 Å². The van der Waals surface area contributed by atoms with Gasteiger partial charge in [0.25, 0.3) is 0 Å². The Morgan fingerprint density at radius 1 is 1.06 bits per heavy atom. The second-order valence-electron chi connectivity index (χ2n) is 4.21. The molecular formula is C14H26O3Si. The van der Waals surface area contributed by atoms with Gasteiger partial charge in [-0.1, -0.05) is 25.2 Å². The van der Waals surface area contributed by atoms with E-state index in [1.165, 1.54) is 5.57 Å². The van der Waals surface area contributed by atoms with Gasteiger partial charge in [0.2, 0.25) is 0 Å². The van der Waals surface area contributed by atoms with Gasteiger partial charge in [-0.05, 0) is 39.2 Å². The average molecular weight is 270 g/mol. The summed E-state index contributed by atoms with van der Waals surface area (Å²) in [7, 11) is -2.61. The fraction of sp³-hybridized carbons (Fsp3) is 0.714. The molecule has 0 heterocycles. The Hall–Kier alpha value is -0.423. The van der Waals surface area contributed by atoms with Gasteiger partial charge in [0.15, 0.2) is 0 Å². The summed E-state index contributed by atoms with van der Waals surface area (Å²) in [6.45, 7) is 10.1. The SMILES string of the molecule is CCO[Si](OCC)(OCC)C(CC)C1=CCC=C1. The van der Waals surface area contributed by atoms with Crippen LogP contribution in [0.4, 0.5) is 0 Å². The molecule has 0 fully saturated rings. The summed E-state index contributed by atoms with van der Waals surface area (Å²) in [5, 5.41) is 0. The van der Waals surface area contributed by atoms with Crippen molar-refractivity contribution in [3.63, 3.8) is 0 Å². The van der Waals surface area contributed by atoms with Crippen molar-refractivity contribution in [3.8, 4) is 0 Å². The second kappa shape index (κ2) is 7.89. The highest BCUT2D eigenvalue weighted by atomic mass is 28.4. The third-order valence-corrected chi connectivity index (χ3v) is 6.74. The van der Waals surface area contributed by atoms with Gasteiger partial charge in [-0.3, -0.25) is 0 Å². The van der Waals surface area contributed by atoms with Crippen LogP contribution in [0, 0.1) is 0 Å². The first-order valence-corrected chi connectivity index (χ1v) is 8.82. The van der Waals surface area contributed by atoms with Gasteiger partial charge in [0.05, 0.1) is 5.54 Å². The first-order chi connectivity index (χ1) is 8.74. The average Bonchev–Trinajstić information content (AvgIpc) is 2.84. The molecular weight excluding hydrogens is 244 g/mol. The number of hydrogen-bond donors (Lipinski definition) is 0. The molecule has 1 rings (SSSR count). The van der Waals surface area contributed by atoms with Crippen LogP contribution in [-0.4, -0.2) is 28.6 Å². The fourth-order valence-electron chi connectivity index (χ4n) is 2.45. The van der Waals surface area contributed by atoms with Gasteiger partial charge < -0.3 is 13.3 Å². The normalized spacial score (nSPS) is 17.0. The zero-order chi connectivity index (χ0) is 13.4. The summed E-state index contributed by atoms with van der Waals surface area (Å²) in [6.07, 6.45) is 8.63. The maximum Gasteiger partial charge on any atom is 0.508 e. The van der Waals surface area contributed by atoms with E-state index in [9.17, 15) is 0 Å². The van der Waals surface area contributed by atoms with Crippen LogP contribution in [0.15, 0.2) is 23.8 Å². The lowest BCUT2D eigenvalue weighted by Gasteiger charge is -2.35. The Kier molecular flexibility index (Phi) is 6.85. The molecule has 3 nitrogen and oxygen atoms in total. The molecule has 4 heteroatoms. The monoisotopic (exact) mass is 270 g/mol. The van der Waals surface area contributed by atoms with Crippen LogP contribution >= 0.6 is 0 Å². The first-order valence-electron chi connectivity index (χ1n) is 7.02. The predicted molar refractivity (Wildman–Crippen MR) is 76.5 cm³/mol. The quantitative estimate of drug-likeness (QED) is 0.598. The van der Waals surface area contributed by atoms with Crippen LogP contribution < -0.4 is 0 Å². The van der Waals surface area contributed by atoms with Crippen LogP contribution in [0.25, 0.3) is 0 Å². The Morgan fingerprint density at radius 3 is 1.94 bits per heavy atom. The largest absolute Gasteiger partial charge is 0.508 e. The van der Waals surface area contributed by atoms with E-state index >= 15 is 0 Å². The van der Waals surface area contributed by atoms with Crippen molar-refractivity contribution in [2.45, 2.75) is 46.1 Å². The molecule has 0 N–H and O–H groups in total. The molecule has 1 atom stereocenters. The van der Waals surface area contributed by atoms with E-state index in [1.54, 1.807) is 0 Å². The summed E-state index contributed by atoms with van der Waals surface area (Å²) in [5.41, 5.74) is 1.58. The fourth-order valence-corrected chi connectivity index (χ4v) is 5.64. The molecule has 0 saturated heterocycles. The van der Waals surface area contributed by atoms with Crippen molar-refractivity contribution in [1.82, 2.24) is 0 Å². The van der Waals surface area contributed by atoms with Crippen molar-refractivity contribution in [1.29, 1.82) is 0 Å². The van der Waals surface area contributed by atoms with Crippen LogP contribution in [-0.2, 0) is 13.3 Å². The Morgan fingerprint density at radius 2 is 1.61 bits per heavy atom. The number of hydrogen-bond acceptors (Lipinski definition) is 3. The van der Waals surface area contributed by atoms with E-state index in [4.69, 9.17) is 13.3 Å². The Bertz CT molecular complexity index is 282. The Balaban J connectivity index is 2.98. The van der Waals surface area contributed by atoms with E-state index in [0.717, 1.165) is 12.8 Å². The lowest BCUT2D eigenvalue weighted by Crippen LogP contribution is -2.50. The molecule has 0 aliphatic heterocycles. The molecule has 0 bridgehead atoms. The molecule has 1 aliphatic carbocycles. The third-order valence-electron chi connectivity index (χ3n) is 3.07. The van der Waals surface area contributed by atoms with Crippen LogP contribution in [0.5, 0.6) is 0 Å². The van der Waals surface area contributed by atoms with Gasteiger partial charge in [0.1, 0.15) is 0 Å². The lowest BCUT2D eigenvalue weighted by molar-refractivity contribution is 0.0641. The summed E-state index contributed by atoms with van der Waals surface area (Å²) >= 11 is 0. The lowest BCUT2D eigenvalue weighted by atomic mass is 10.1. The molecule has 1 unspecified atom stereocenters. The van der Waals surface area contributed by atoms with Crippen molar-refractivity contribution >= 4 is 8.80 Å². The van der Waals surface area contributed by atoms with Crippen LogP contribution in [0.1, 0.15) is 40.5 Å². The van der Waals surface area contributed by atoms with E-state index in [2.05, 4.69) is 25.2 Å². The molecule has 0 aromatic heterocycles. The van der Waals surface area contributed by atoms with Crippen LogP contribution in [0.2, 0.25) is 5.54 Å². The van der Waals surface area contributed by atoms with Gasteiger partial charge in [-0.15, -0.1) is 0 Å². The zero-order valence-electron chi connectivity index (χ0n) is 12.1. The molecule has 0 aromatic carbocycles. The number of rotatable bonds is 9. The summed E-state index contributed by atoms with van der Waals surface area (Å²) in [4.78, 5) is 0. The molecule has 1 aliphatic rings. The van der Waals surface area contributed by atoms with Gasteiger partial charge in [-0.2, -0.15) is 0 Å². The molecule has 104 valence electrons. The minimum absolute atomic E-state index is 0.260. The molecule has 0 spiro atoms. The smallest absolute Gasteiger partial charge is 0.373 e. The van der Waals surface area contributed by atoms with E-state index in [1.807, 2.05) is 20.8 Å². The minimum atomic E-state index is -2.61. The van der Waals surface area contributed by atoms with Crippen molar-refractivity contribution < 1.29 is 13.3 Å². The topological polar surface area (TPSA) is 27.7 Å².